The quantitative estimate of drug-likeness (QED) is 0.489. The Morgan fingerprint density at radius 1 is 1.60 bits per heavy atom. The van der Waals surface area contributed by atoms with E-state index in [2.05, 4.69) is 26.8 Å². The number of carbonyl (C=O) groups excluding carboxylic acids is 1. The van der Waals surface area contributed by atoms with Crippen LogP contribution in [-0.4, -0.2) is 22.8 Å². The van der Waals surface area contributed by atoms with E-state index in [-0.39, 0.29) is 22.8 Å². The van der Waals surface area contributed by atoms with E-state index in [1.807, 2.05) is 6.92 Å². The van der Waals surface area contributed by atoms with E-state index in [4.69, 9.17) is 5.73 Å². The number of primary amides is 1. The molecule has 3 unspecified atom stereocenters. The van der Waals surface area contributed by atoms with Gasteiger partial charge in [-0.3, -0.25) is 10.2 Å². The number of nitrogens with two attached hydrogens (primary N) is 1. The SMILES string of the molecule is CC1NNC(C(N)=O)C1Br. The number of nitrogens with one attached hydrogen (secondary N) is 2. The van der Waals surface area contributed by atoms with Crippen LogP contribution in [-0.2, 0) is 4.79 Å². The van der Waals surface area contributed by atoms with Crippen LogP contribution in [0.5, 0.6) is 0 Å². The Hall–Kier alpha value is -0.130. The molecule has 3 atom stereocenters. The fourth-order valence-electron chi connectivity index (χ4n) is 0.897. The lowest BCUT2D eigenvalue weighted by atomic mass is 10.1. The lowest BCUT2D eigenvalue weighted by Gasteiger charge is -2.09. The van der Waals surface area contributed by atoms with E-state index in [1.165, 1.54) is 0 Å². The zero-order valence-electron chi connectivity index (χ0n) is 5.60. The molecule has 1 rings (SSSR count). The lowest BCUT2D eigenvalue weighted by Crippen LogP contribution is -2.43. The number of hydrogen-bond donors (Lipinski definition) is 3. The first kappa shape index (κ1) is 7.97. The van der Waals surface area contributed by atoms with Gasteiger partial charge in [0.05, 0.1) is 4.83 Å². The number of rotatable bonds is 1. The van der Waals surface area contributed by atoms with Gasteiger partial charge in [0, 0.05) is 6.04 Å². The predicted octanol–water partition coefficient (Wildman–Crippen LogP) is -0.900. The summed E-state index contributed by atoms with van der Waals surface area (Å²) in [6, 6.07) is -0.0625. The summed E-state index contributed by atoms with van der Waals surface area (Å²) >= 11 is 3.34. The van der Waals surface area contributed by atoms with E-state index >= 15 is 0 Å². The van der Waals surface area contributed by atoms with E-state index < -0.39 is 0 Å². The molecule has 0 bridgehead atoms. The minimum atomic E-state index is -0.335. The van der Waals surface area contributed by atoms with E-state index in [9.17, 15) is 4.79 Å². The van der Waals surface area contributed by atoms with Gasteiger partial charge in [-0.25, -0.2) is 5.43 Å². The van der Waals surface area contributed by atoms with Gasteiger partial charge in [0.15, 0.2) is 0 Å². The molecule has 10 heavy (non-hydrogen) atoms. The average molecular weight is 208 g/mol. The minimum Gasteiger partial charge on any atom is -0.368 e. The predicted molar refractivity (Wildman–Crippen MR) is 41.4 cm³/mol. The highest BCUT2D eigenvalue weighted by Gasteiger charge is 2.34. The van der Waals surface area contributed by atoms with Crippen molar-refractivity contribution in [2.24, 2.45) is 5.73 Å². The zero-order chi connectivity index (χ0) is 7.72. The molecule has 1 saturated heterocycles. The highest BCUT2D eigenvalue weighted by molar-refractivity contribution is 9.09. The Morgan fingerprint density at radius 3 is 2.40 bits per heavy atom. The summed E-state index contributed by atoms with van der Waals surface area (Å²) in [5, 5.41) is 0. The van der Waals surface area contributed by atoms with E-state index in [0.717, 1.165) is 0 Å². The van der Waals surface area contributed by atoms with Crippen LogP contribution < -0.4 is 16.6 Å². The van der Waals surface area contributed by atoms with Crippen molar-refractivity contribution < 1.29 is 4.79 Å². The van der Waals surface area contributed by atoms with Crippen LogP contribution in [0.3, 0.4) is 0 Å². The summed E-state index contributed by atoms with van der Waals surface area (Å²) in [5.41, 5.74) is 10.8. The van der Waals surface area contributed by atoms with Gasteiger partial charge < -0.3 is 5.73 Å². The number of amides is 1. The standard InChI is InChI=1S/C5H10BrN3O/c1-2-3(6)4(5(7)10)9-8-2/h2-4,8-9H,1H3,(H2,7,10). The molecular formula is C5H10BrN3O. The van der Waals surface area contributed by atoms with Gasteiger partial charge in [0.2, 0.25) is 5.91 Å². The molecule has 1 aliphatic heterocycles. The van der Waals surface area contributed by atoms with E-state index in [1.54, 1.807) is 0 Å². The number of hydrogen-bond acceptors (Lipinski definition) is 3. The van der Waals surface area contributed by atoms with Crippen LogP contribution >= 0.6 is 15.9 Å². The highest BCUT2D eigenvalue weighted by Crippen LogP contribution is 2.14. The van der Waals surface area contributed by atoms with Crippen molar-refractivity contribution in [2.75, 3.05) is 0 Å². The molecule has 0 aromatic rings. The van der Waals surface area contributed by atoms with Crippen LogP contribution in [0.15, 0.2) is 0 Å². The lowest BCUT2D eigenvalue weighted by molar-refractivity contribution is -0.119. The molecular weight excluding hydrogens is 198 g/mol. The number of halogens is 1. The van der Waals surface area contributed by atoms with Crippen molar-refractivity contribution in [3.8, 4) is 0 Å². The van der Waals surface area contributed by atoms with Gasteiger partial charge in [-0.15, -0.1) is 0 Å². The highest BCUT2D eigenvalue weighted by atomic mass is 79.9. The molecule has 0 spiro atoms. The fourth-order valence-corrected chi connectivity index (χ4v) is 1.42. The second-order valence-corrected chi connectivity index (χ2v) is 3.46. The van der Waals surface area contributed by atoms with Crippen molar-refractivity contribution >= 4 is 21.8 Å². The summed E-state index contributed by atoms with van der Waals surface area (Å²) in [7, 11) is 0. The Labute approximate surface area is 67.6 Å². The first-order valence-electron chi connectivity index (χ1n) is 3.07. The number of hydrazine groups is 1. The largest absolute Gasteiger partial charge is 0.368 e. The molecule has 5 heteroatoms. The van der Waals surface area contributed by atoms with Crippen LogP contribution in [0.1, 0.15) is 6.92 Å². The molecule has 1 amide bonds. The maximum absolute atomic E-state index is 10.6. The molecule has 0 saturated carbocycles. The van der Waals surface area contributed by atoms with Gasteiger partial charge in [-0.2, -0.15) is 0 Å². The summed E-state index contributed by atoms with van der Waals surface area (Å²) in [5.74, 6) is -0.335. The molecule has 1 fully saturated rings. The zero-order valence-corrected chi connectivity index (χ0v) is 7.18. The van der Waals surface area contributed by atoms with Crippen molar-refractivity contribution in [1.29, 1.82) is 0 Å². The third-order valence-corrected chi connectivity index (χ3v) is 2.89. The summed E-state index contributed by atoms with van der Waals surface area (Å²) < 4.78 is 0. The maximum Gasteiger partial charge on any atom is 0.237 e. The van der Waals surface area contributed by atoms with Gasteiger partial charge in [0.25, 0.3) is 0 Å². The van der Waals surface area contributed by atoms with E-state index in [0.29, 0.717) is 0 Å². The van der Waals surface area contributed by atoms with Crippen molar-refractivity contribution in [2.45, 2.75) is 23.8 Å². The average Bonchev–Trinajstić information content (AvgIpc) is 2.14. The fraction of sp³-hybridized carbons (Fsp3) is 0.800. The molecule has 0 radical (unpaired) electrons. The first-order valence-corrected chi connectivity index (χ1v) is 3.99. The van der Waals surface area contributed by atoms with Crippen molar-refractivity contribution in [3.63, 3.8) is 0 Å². The molecule has 1 heterocycles. The van der Waals surface area contributed by atoms with Gasteiger partial charge in [-0.05, 0) is 6.92 Å². The molecule has 0 aliphatic carbocycles. The summed E-state index contributed by atoms with van der Waals surface area (Å²) in [6.45, 7) is 1.97. The third-order valence-electron chi connectivity index (χ3n) is 1.57. The Morgan fingerprint density at radius 2 is 2.20 bits per heavy atom. The normalized spacial score (nSPS) is 40.0. The van der Waals surface area contributed by atoms with Crippen LogP contribution in [0, 0.1) is 0 Å². The summed E-state index contributed by atoms with van der Waals surface area (Å²) in [6.07, 6.45) is 0. The third kappa shape index (κ3) is 1.31. The van der Waals surface area contributed by atoms with Crippen LogP contribution in [0.25, 0.3) is 0 Å². The van der Waals surface area contributed by atoms with Gasteiger partial charge in [-0.1, -0.05) is 15.9 Å². The minimum absolute atomic E-state index is 0.0880. The molecule has 4 nitrogen and oxygen atoms in total. The molecule has 1 aliphatic rings. The smallest absolute Gasteiger partial charge is 0.237 e. The van der Waals surface area contributed by atoms with Gasteiger partial charge in [0.1, 0.15) is 6.04 Å². The monoisotopic (exact) mass is 207 g/mol. The van der Waals surface area contributed by atoms with Crippen molar-refractivity contribution in [3.05, 3.63) is 0 Å². The number of carbonyl (C=O) groups is 1. The second-order valence-electron chi connectivity index (χ2n) is 2.40. The Bertz CT molecular complexity index is 152. The first-order chi connectivity index (χ1) is 4.63. The Kier molecular flexibility index (Phi) is 2.28. The molecule has 58 valence electrons. The molecule has 0 aromatic carbocycles. The second kappa shape index (κ2) is 2.86. The topological polar surface area (TPSA) is 67.2 Å². The molecule has 4 N–H and O–H groups in total. The maximum atomic E-state index is 10.6. The Balaban J connectivity index is 2.57. The summed E-state index contributed by atoms with van der Waals surface area (Å²) in [4.78, 5) is 10.7. The van der Waals surface area contributed by atoms with Gasteiger partial charge >= 0.3 is 0 Å². The molecule has 0 aromatic heterocycles. The van der Waals surface area contributed by atoms with Crippen LogP contribution in [0.4, 0.5) is 0 Å². The van der Waals surface area contributed by atoms with Crippen molar-refractivity contribution in [1.82, 2.24) is 10.9 Å². The number of alkyl halides is 1. The van der Waals surface area contributed by atoms with Crippen LogP contribution in [0.2, 0.25) is 0 Å².